The van der Waals surface area contributed by atoms with Crippen LogP contribution in [0.15, 0.2) is 65.6 Å². The summed E-state index contributed by atoms with van der Waals surface area (Å²) >= 11 is 0. The number of carboxylic acid groups (broad SMARTS) is 1. The van der Waals surface area contributed by atoms with E-state index >= 15 is 0 Å². The Bertz CT molecular complexity index is 1290. The van der Waals surface area contributed by atoms with E-state index in [1.165, 1.54) is 30.3 Å². The monoisotopic (exact) mass is 493 g/mol. The average molecular weight is 494 g/mol. The van der Waals surface area contributed by atoms with E-state index in [1.54, 1.807) is 38.1 Å². The molecule has 0 aliphatic heterocycles. The fourth-order valence-corrected chi connectivity index (χ4v) is 4.47. The van der Waals surface area contributed by atoms with Crippen LogP contribution in [0, 0.1) is 13.8 Å². The summed E-state index contributed by atoms with van der Waals surface area (Å²) in [6, 6.07) is 15.2. The highest BCUT2D eigenvalue weighted by Crippen LogP contribution is 2.27. The van der Waals surface area contributed by atoms with Crippen molar-refractivity contribution in [2.24, 2.45) is 0 Å². The molecule has 0 spiro atoms. The lowest BCUT2D eigenvalue weighted by molar-refractivity contribution is -0.274. The Balaban J connectivity index is 1.63. The van der Waals surface area contributed by atoms with Gasteiger partial charge in [-0.25, -0.2) is 17.9 Å². The van der Waals surface area contributed by atoms with Gasteiger partial charge in [-0.3, -0.25) is 0 Å². The summed E-state index contributed by atoms with van der Waals surface area (Å²) in [6.45, 7) is 3.37. The molecule has 0 atom stereocenters. The van der Waals surface area contributed by atoms with Gasteiger partial charge in [0.05, 0.1) is 10.5 Å². The summed E-state index contributed by atoms with van der Waals surface area (Å²) in [5, 5.41) is 9.30. The van der Waals surface area contributed by atoms with Crippen molar-refractivity contribution >= 4 is 16.0 Å². The molecule has 0 aromatic heterocycles. The molecule has 0 unspecified atom stereocenters. The predicted molar refractivity (Wildman–Crippen MR) is 120 cm³/mol. The Labute approximate surface area is 195 Å². The number of nitrogens with one attached hydrogen (secondary N) is 1. The molecule has 0 amide bonds. The molecule has 0 bridgehead atoms. The van der Waals surface area contributed by atoms with E-state index in [0.717, 1.165) is 17.2 Å². The maximum absolute atomic E-state index is 12.6. The molecule has 3 rings (SSSR count). The van der Waals surface area contributed by atoms with Crippen LogP contribution in [-0.4, -0.2) is 32.4 Å². The first kappa shape index (κ1) is 25.3. The van der Waals surface area contributed by atoms with Gasteiger partial charge in [0.25, 0.3) is 0 Å². The number of carbonyl (C=O) groups is 1. The Kier molecular flexibility index (Phi) is 7.32. The SMILES string of the molecule is Cc1cc(S(=O)(=O)NCCc2ccc(-c3ccc(OC(F)(F)F)cc3)cc2)cc(C(=O)O)c1C. The van der Waals surface area contributed by atoms with Gasteiger partial charge in [0.2, 0.25) is 10.0 Å². The summed E-state index contributed by atoms with van der Waals surface area (Å²) in [5.74, 6) is -1.50. The van der Waals surface area contributed by atoms with Gasteiger partial charge in [-0.2, -0.15) is 0 Å². The minimum absolute atomic E-state index is 0.0611. The van der Waals surface area contributed by atoms with Gasteiger partial charge in [-0.05, 0) is 72.4 Å². The average Bonchev–Trinajstić information content (AvgIpc) is 2.75. The third kappa shape index (κ3) is 6.36. The molecule has 3 aromatic rings. The lowest BCUT2D eigenvalue weighted by Gasteiger charge is -2.11. The molecule has 0 saturated carbocycles. The molecule has 0 aliphatic carbocycles. The summed E-state index contributed by atoms with van der Waals surface area (Å²) in [6.07, 6.45) is -4.37. The topological polar surface area (TPSA) is 92.7 Å². The Morgan fingerprint density at radius 3 is 2.06 bits per heavy atom. The second kappa shape index (κ2) is 9.86. The fraction of sp³-hybridized carbons (Fsp3) is 0.208. The molecular weight excluding hydrogens is 471 g/mol. The quantitative estimate of drug-likeness (QED) is 0.456. The first-order valence-electron chi connectivity index (χ1n) is 10.1. The summed E-state index contributed by atoms with van der Waals surface area (Å²) < 4.78 is 68.4. The van der Waals surface area contributed by atoms with E-state index in [9.17, 15) is 31.5 Å². The maximum Gasteiger partial charge on any atom is 0.573 e. The second-order valence-corrected chi connectivity index (χ2v) is 9.40. The Morgan fingerprint density at radius 1 is 0.971 bits per heavy atom. The lowest BCUT2D eigenvalue weighted by atomic mass is 10.0. The van der Waals surface area contributed by atoms with Crippen LogP contribution < -0.4 is 9.46 Å². The van der Waals surface area contributed by atoms with E-state index in [4.69, 9.17) is 0 Å². The molecule has 0 saturated heterocycles. The van der Waals surface area contributed by atoms with E-state index in [-0.39, 0.29) is 22.8 Å². The highest BCUT2D eigenvalue weighted by atomic mass is 32.2. The van der Waals surface area contributed by atoms with Crippen molar-refractivity contribution in [1.82, 2.24) is 4.72 Å². The lowest BCUT2D eigenvalue weighted by Crippen LogP contribution is -2.26. The van der Waals surface area contributed by atoms with Gasteiger partial charge >= 0.3 is 12.3 Å². The van der Waals surface area contributed by atoms with Gasteiger partial charge < -0.3 is 9.84 Å². The van der Waals surface area contributed by atoms with Crippen LogP contribution in [0.25, 0.3) is 11.1 Å². The van der Waals surface area contributed by atoms with Crippen molar-refractivity contribution in [1.29, 1.82) is 0 Å². The number of aryl methyl sites for hydroxylation is 1. The molecule has 2 N–H and O–H groups in total. The number of aromatic carboxylic acids is 1. The fourth-order valence-electron chi connectivity index (χ4n) is 3.33. The first-order valence-corrected chi connectivity index (χ1v) is 11.6. The largest absolute Gasteiger partial charge is 0.573 e. The molecule has 0 heterocycles. The molecule has 6 nitrogen and oxygen atoms in total. The molecule has 0 radical (unpaired) electrons. The molecule has 0 fully saturated rings. The van der Waals surface area contributed by atoms with E-state index < -0.39 is 22.4 Å². The normalized spacial score (nSPS) is 11.9. The standard InChI is InChI=1S/C24H22F3NO5S/c1-15-13-21(14-22(16(15)2)23(29)30)34(31,32)28-12-11-17-3-5-18(6-4-17)19-7-9-20(10-8-19)33-24(25,26)27/h3-10,13-14,28H,11-12H2,1-2H3,(H,29,30). The third-order valence-electron chi connectivity index (χ3n) is 5.26. The van der Waals surface area contributed by atoms with Gasteiger partial charge in [-0.15, -0.1) is 13.2 Å². The van der Waals surface area contributed by atoms with Gasteiger partial charge in [0.1, 0.15) is 5.75 Å². The Morgan fingerprint density at radius 2 is 1.53 bits per heavy atom. The minimum atomic E-state index is -4.75. The van der Waals surface area contributed by atoms with Gasteiger partial charge in [0.15, 0.2) is 0 Å². The third-order valence-corrected chi connectivity index (χ3v) is 6.70. The molecule has 10 heteroatoms. The molecule has 180 valence electrons. The zero-order chi connectivity index (χ0) is 25.1. The predicted octanol–water partition coefficient (Wildman–Crippen LogP) is 5.09. The summed E-state index contributed by atoms with van der Waals surface area (Å²) in [5.41, 5.74) is 3.33. The van der Waals surface area contributed by atoms with Crippen LogP contribution in [-0.2, 0) is 16.4 Å². The van der Waals surface area contributed by atoms with Crippen LogP contribution in [0.5, 0.6) is 5.75 Å². The minimum Gasteiger partial charge on any atom is -0.478 e. The molecule has 3 aromatic carbocycles. The molecule has 34 heavy (non-hydrogen) atoms. The van der Waals surface area contributed by atoms with E-state index in [0.29, 0.717) is 23.1 Å². The van der Waals surface area contributed by atoms with Crippen LogP contribution in [0.3, 0.4) is 0 Å². The number of alkyl halides is 3. The number of hydrogen-bond donors (Lipinski definition) is 2. The smallest absolute Gasteiger partial charge is 0.478 e. The van der Waals surface area contributed by atoms with Crippen LogP contribution in [0.2, 0.25) is 0 Å². The highest BCUT2D eigenvalue weighted by Gasteiger charge is 2.31. The van der Waals surface area contributed by atoms with Crippen molar-refractivity contribution in [3.8, 4) is 16.9 Å². The van der Waals surface area contributed by atoms with E-state index in [1.807, 2.05) is 0 Å². The first-order chi connectivity index (χ1) is 15.9. The zero-order valence-electron chi connectivity index (χ0n) is 18.3. The van der Waals surface area contributed by atoms with E-state index in [2.05, 4.69) is 9.46 Å². The van der Waals surface area contributed by atoms with Gasteiger partial charge in [0, 0.05) is 6.54 Å². The van der Waals surface area contributed by atoms with Crippen molar-refractivity contribution in [2.45, 2.75) is 31.5 Å². The van der Waals surface area contributed by atoms with Crippen LogP contribution in [0.1, 0.15) is 27.0 Å². The van der Waals surface area contributed by atoms with Crippen LogP contribution in [0.4, 0.5) is 13.2 Å². The Hall–Kier alpha value is -3.37. The van der Waals surface area contributed by atoms with Crippen molar-refractivity contribution in [3.63, 3.8) is 0 Å². The maximum atomic E-state index is 12.6. The van der Waals surface area contributed by atoms with Crippen LogP contribution >= 0.6 is 0 Å². The number of hydrogen-bond acceptors (Lipinski definition) is 4. The number of sulfonamides is 1. The number of ether oxygens (including phenoxy) is 1. The highest BCUT2D eigenvalue weighted by molar-refractivity contribution is 7.89. The summed E-state index contributed by atoms with van der Waals surface area (Å²) in [7, 11) is -3.90. The molecular formula is C24H22F3NO5S. The molecule has 0 aliphatic rings. The van der Waals surface area contributed by atoms with Crippen molar-refractivity contribution in [3.05, 3.63) is 82.9 Å². The number of carboxylic acids is 1. The second-order valence-electron chi connectivity index (χ2n) is 7.63. The summed E-state index contributed by atoms with van der Waals surface area (Å²) in [4.78, 5) is 11.3. The number of benzene rings is 3. The van der Waals surface area contributed by atoms with Crippen molar-refractivity contribution < 1.29 is 36.2 Å². The van der Waals surface area contributed by atoms with Gasteiger partial charge in [-0.1, -0.05) is 36.4 Å². The zero-order valence-corrected chi connectivity index (χ0v) is 19.1. The number of halogens is 3. The van der Waals surface area contributed by atoms with Crippen molar-refractivity contribution in [2.75, 3.05) is 6.54 Å². The number of rotatable bonds is 8.